The van der Waals surface area contributed by atoms with Gasteiger partial charge in [-0.2, -0.15) is 0 Å². The van der Waals surface area contributed by atoms with Crippen molar-refractivity contribution in [1.29, 1.82) is 0 Å². The molecule has 0 atom stereocenters. The highest BCUT2D eigenvalue weighted by Gasteiger charge is 1.98. The van der Waals surface area contributed by atoms with Gasteiger partial charge in [0.1, 0.15) is 0 Å². The van der Waals surface area contributed by atoms with Gasteiger partial charge in [0.15, 0.2) is 6.29 Å². The van der Waals surface area contributed by atoms with Crippen LogP contribution in [0.1, 0.15) is 16.6 Å². The minimum absolute atomic E-state index is 0.560. The van der Waals surface area contributed by atoms with E-state index >= 15 is 0 Å². The molecule has 0 aliphatic carbocycles. The van der Waals surface area contributed by atoms with Crippen LogP contribution in [0.25, 0.3) is 0 Å². The van der Waals surface area contributed by atoms with Crippen molar-refractivity contribution in [3.8, 4) is 5.19 Å². The standard InChI is InChI=1S/C6H7NO2S/c1-2-9-6-7-3-5(4-8)10-6/h3-4H,2H2,1H3. The van der Waals surface area contributed by atoms with Gasteiger partial charge in [0.2, 0.25) is 0 Å². The largest absolute Gasteiger partial charge is 0.470 e. The van der Waals surface area contributed by atoms with Gasteiger partial charge >= 0.3 is 0 Å². The fourth-order valence-electron chi connectivity index (χ4n) is 0.515. The second-order valence-electron chi connectivity index (χ2n) is 1.58. The number of carbonyl (C=O) groups is 1. The van der Waals surface area contributed by atoms with Crippen molar-refractivity contribution in [2.45, 2.75) is 6.92 Å². The molecule has 0 amide bonds. The van der Waals surface area contributed by atoms with E-state index in [4.69, 9.17) is 4.74 Å². The third kappa shape index (κ3) is 1.54. The molecule has 0 aromatic carbocycles. The van der Waals surface area contributed by atoms with Crippen LogP contribution < -0.4 is 4.74 Å². The molecule has 0 bridgehead atoms. The number of nitrogens with zero attached hydrogens (tertiary/aromatic N) is 1. The monoisotopic (exact) mass is 157 g/mol. The lowest BCUT2D eigenvalue weighted by atomic mass is 10.6. The second kappa shape index (κ2) is 3.31. The summed E-state index contributed by atoms with van der Waals surface area (Å²) in [5, 5.41) is 0.560. The van der Waals surface area contributed by atoms with Crippen LogP contribution in [0.4, 0.5) is 0 Å². The Bertz CT molecular complexity index is 221. The highest BCUT2D eigenvalue weighted by atomic mass is 32.1. The average Bonchev–Trinajstić information content (AvgIpc) is 2.37. The molecule has 1 heterocycles. The molecular formula is C6H7NO2S. The van der Waals surface area contributed by atoms with Crippen LogP contribution >= 0.6 is 11.3 Å². The molecule has 54 valence electrons. The van der Waals surface area contributed by atoms with Gasteiger partial charge in [-0.25, -0.2) is 4.98 Å². The first-order chi connectivity index (χ1) is 4.86. The smallest absolute Gasteiger partial charge is 0.273 e. The lowest BCUT2D eigenvalue weighted by molar-refractivity contribution is 0.112. The van der Waals surface area contributed by atoms with E-state index in [1.165, 1.54) is 17.5 Å². The van der Waals surface area contributed by atoms with Crippen LogP contribution in [0.15, 0.2) is 6.20 Å². The Morgan fingerprint density at radius 1 is 1.90 bits per heavy atom. The quantitative estimate of drug-likeness (QED) is 0.622. The molecule has 0 unspecified atom stereocenters. The number of thiazole rings is 1. The van der Waals surface area contributed by atoms with E-state index in [9.17, 15) is 4.79 Å². The van der Waals surface area contributed by atoms with Gasteiger partial charge in [0, 0.05) is 0 Å². The maximum atomic E-state index is 10.1. The van der Waals surface area contributed by atoms with Crippen LogP contribution in [-0.4, -0.2) is 17.9 Å². The molecule has 1 rings (SSSR count). The van der Waals surface area contributed by atoms with Crippen LogP contribution in [0.3, 0.4) is 0 Å². The predicted octanol–water partition coefficient (Wildman–Crippen LogP) is 1.35. The summed E-state index contributed by atoms with van der Waals surface area (Å²) < 4.78 is 5.04. The van der Waals surface area contributed by atoms with Crippen molar-refractivity contribution in [1.82, 2.24) is 4.98 Å². The van der Waals surface area contributed by atoms with Crippen molar-refractivity contribution >= 4 is 17.6 Å². The zero-order valence-electron chi connectivity index (χ0n) is 5.53. The van der Waals surface area contributed by atoms with Crippen LogP contribution in [-0.2, 0) is 0 Å². The Labute approximate surface area is 62.7 Å². The van der Waals surface area contributed by atoms with E-state index in [0.29, 0.717) is 16.7 Å². The van der Waals surface area contributed by atoms with Gasteiger partial charge in [-0.05, 0) is 6.92 Å². The summed E-state index contributed by atoms with van der Waals surface area (Å²) in [4.78, 5) is 14.6. The normalized spacial score (nSPS) is 9.30. The minimum Gasteiger partial charge on any atom is -0.470 e. The zero-order chi connectivity index (χ0) is 7.40. The summed E-state index contributed by atoms with van der Waals surface area (Å²) in [5.74, 6) is 0. The Hall–Kier alpha value is -0.900. The van der Waals surface area contributed by atoms with Gasteiger partial charge < -0.3 is 4.74 Å². The Morgan fingerprint density at radius 3 is 3.20 bits per heavy atom. The Balaban J connectivity index is 2.68. The fraction of sp³-hybridized carbons (Fsp3) is 0.333. The first kappa shape index (κ1) is 7.21. The highest BCUT2D eigenvalue weighted by Crippen LogP contribution is 2.17. The predicted molar refractivity (Wildman–Crippen MR) is 38.7 cm³/mol. The molecule has 0 radical (unpaired) electrons. The van der Waals surface area contributed by atoms with Gasteiger partial charge in [-0.3, -0.25) is 4.79 Å². The molecule has 0 saturated carbocycles. The van der Waals surface area contributed by atoms with Crippen molar-refractivity contribution in [3.05, 3.63) is 11.1 Å². The average molecular weight is 157 g/mol. The number of ether oxygens (including phenoxy) is 1. The summed E-state index contributed by atoms with van der Waals surface area (Å²) >= 11 is 1.26. The zero-order valence-corrected chi connectivity index (χ0v) is 6.35. The highest BCUT2D eigenvalue weighted by molar-refractivity contribution is 7.15. The van der Waals surface area contributed by atoms with E-state index in [0.717, 1.165) is 6.29 Å². The molecule has 0 saturated heterocycles. The van der Waals surface area contributed by atoms with Crippen molar-refractivity contribution < 1.29 is 9.53 Å². The van der Waals surface area contributed by atoms with Crippen molar-refractivity contribution in [2.75, 3.05) is 6.61 Å². The molecule has 0 aliphatic heterocycles. The summed E-state index contributed by atoms with van der Waals surface area (Å²) in [6.07, 6.45) is 2.27. The first-order valence-corrected chi connectivity index (χ1v) is 3.72. The molecular weight excluding hydrogens is 150 g/mol. The number of hydrogen-bond acceptors (Lipinski definition) is 4. The lowest BCUT2D eigenvalue weighted by Crippen LogP contribution is -1.88. The molecule has 0 fully saturated rings. The number of hydrogen-bond donors (Lipinski definition) is 0. The second-order valence-corrected chi connectivity index (χ2v) is 2.60. The summed E-state index contributed by atoms with van der Waals surface area (Å²) in [5.41, 5.74) is 0. The van der Waals surface area contributed by atoms with Crippen molar-refractivity contribution in [3.63, 3.8) is 0 Å². The molecule has 1 aromatic rings. The topological polar surface area (TPSA) is 39.2 Å². The number of carbonyl (C=O) groups excluding carboxylic acids is 1. The fourth-order valence-corrected chi connectivity index (χ4v) is 1.15. The van der Waals surface area contributed by atoms with Gasteiger partial charge in [0.05, 0.1) is 17.7 Å². The number of rotatable bonds is 3. The molecule has 4 heteroatoms. The Morgan fingerprint density at radius 2 is 2.70 bits per heavy atom. The van der Waals surface area contributed by atoms with E-state index in [1.807, 2.05) is 6.92 Å². The molecule has 0 N–H and O–H groups in total. The van der Waals surface area contributed by atoms with E-state index < -0.39 is 0 Å². The third-order valence-corrected chi connectivity index (χ3v) is 1.72. The third-order valence-electron chi connectivity index (χ3n) is 0.886. The molecule has 0 spiro atoms. The first-order valence-electron chi connectivity index (χ1n) is 2.90. The SMILES string of the molecule is CCOc1ncc(C=O)s1. The van der Waals surface area contributed by atoms with Crippen LogP contribution in [0.5, 0.6) is 5.19 Å². The van der Waals surface area contributed by atoms with Gasteiger partial charge in [-0.15, -0.1) is 0 Å². The van der Waals surface area contributed by atoms with E-state index in [1.54, 1.807) is 0 Å². The van der Waals surface area contributed by atoms with E-state index in [-0.39, 0.29) is 0 Å². The number of aromatic nitrogens is 1. The van der Waals surface area contributed by atoms with Gasteiger partial charge in [-0.1, -0.05) is 11.3 Å². The molecule has 10 heavy (non-hydrogen) atoms. The molecule has 1 aromatic heterocycles. The van der Waals surface area contributed by atoms with Gasteiger partial charge in [0.25, 0.3) is 5.19 Å². The van der Waals surface area contributed by atoms with Crippen LogP contribution in [0, 0.1) is 0 Å². The summed E-state index contributed by atoms with van der Waals surface area (Å²) in [6, 6.07) is 0. The summed E-state index contributed by atoms with van der Waals surface area (Å²) in [7, 11) is 0. The number of aldehydes is 1. The maximum Gasteiger partial charge on any atom is 0.273 e. The lowest BCUT2D eigenvalue weighted by Gasteiger charge is -1.92. The van der Waals surface area contributed by atoms with Crippen molar-refractivity contribution in [2.24, 2.45) is 0 Å². The minimum atomic E-state index is 0.560. The van der Waals surface area contributed by atoms with E-state index in [2.05, 4.69) is 4.98 Å². The molecule has 3 nitrogen and oxygen atoms in total. The van der Waals surface area contributed by atoms with Crippen LogP contribution in [0.2, 0.25) is 0 Å². The Kier molecular flexibility index (Phi) is 2.39. The maximum absolute atomic E-state index is 10.1. The molecule has 0 aliphatic rings. The summed E-state index contributed by atoms with van der Waals surface area (Å²) in [6.45, 7) is 2.47.